The molecule has 4 aromatic carbocycles. The summed E-state index contributed by atoms with van der Waals surface area (Å²) >= 11 is 0. The fraction of sp³-hybridized carbons (Fsp3) is 0.385. The van der Waals surface area contributed by atoms with Crippen molar-refractivity contribution in [1.29, 1.82) is 0 Å². The van der Waals surface area contributed by atoms with Crippen LogP contribution in [0.4, 0.5) is 0 Å². The Morgan fingerprint density at radius 3 is 1.94 bits per heavy atom. The molecule has 4 aromatic rings. The van der Waals surface area contributed by atoms with Gasteiger partial charge in [-0.1, -0.05) is 18.2 Å². The molecule has 0 unspecified atom stereocenters. The molecule has 0 saturated heterocycles. The van der Waals surface area contributed by atoms with E-state index in [0.717, 1.165) is 49.0 Å². The summed E-state index contributed by atoms with van der Waals surface area (Å²) in [6.45, 7) is 1.81. The van der Waals surface area contributed by atoms with Crippen LogP contribution >= 0.6 is 0 Å². The molecule has 48 heavy (non-hydrogen) atoms. The first-order valence-corrected chi connectivity index (χ1v) is 16.4. The number of ether oxygens (including phenoxy) is 7. The van der Waals surface area contributed by atoms with Crippen molar-refractivity contribution >= 4 is 0 Å². The minimum atomic E-state index is -0.0839. The van der Waals surface area contributed by atoms with Crippen LogP contribution < -0.4 is 33.2 Å². The molecule has 9 heteroatoms. The fourth-order valence-electron chi connectivity index (χ4n) is 7.55. The Morgan fingerprint density at radius 2 is 1.25 bits per heavy atom. The molecular weight excluding hydrogens is 608 g/mol. The molecule has 0 amide bonds. The molecule has 0 aliphatic carbocycles. The van der Waals surface area contributed by atoms with Gasteiger partial charge in [0.2, 0.25) is 11.5 Å². The summed E-state index contributed by atoms with van der Waals surface area (Å²) in [5.41, 5.74) is 6.88. The first-order chi connectivity index (χ1) is 23.4. The first-order valence-electron chi connectivity index (χ1n) is 16.4. The summed E-state index contributed by atoms with van der Waals surface area (Å²) < 4.78 is 43.4. The lowest BCUT2D eigenvalue weighted by Crippen LogP contribution is -2.34. The predicted molar refractivity (Wildman–Crippen MR) is 184 cm³/mol. The summed E-state index contributed by atoms with van der Waals surface area (Å²) in [6.07, 6.45) is 3.20. The van der Waals surface area contributed by atoms with E-state index in [1.165, 1.54) is 16.7 Å². The van der Waals surface area contributed by atoms with Crippen LogP contribution in [0.3, 0.4) is 0 Å². The Kier molecular flexibility index (Phi) is 8.74. The highest BCUT2D eigenvalue weighted by Gasteiger charge is 2.35. The zero-order valence-electron chi connectivity index (χ0n) is 28.8. The Morgan fingerprint density at radius 1 is 0.583 bits per heavy atom. The number of hydrogen-bond donors (Lipinski definition) is 0. The summed E-state index contributed by atoms with van der Waals surface area (Å²) in [6, 6.07) is 18.8. The standard InChI is InChI=1S/C39H44N2O7/c1-40-16-14-24-20-32(43-4)33-22-28(24)29(40)18-23-8-11-27(12-9-23)47-38-31(42-3)13-10-26(36(38)45-6)19-30-35-25(15-17-41(30)2)21-34(44-5)37(46-7)39(35)48-33/h8-13,20-22,29-30H,14-19H2,1-7H3/t29-,30+/m1/s1. The largest absolute Gasteiger partial charge is 0.493 e. The van der Waals surface area contributed by atoms with Crippen LogP contribution in [0.2, 0.25) is 0 Å². The van der Waals surface area contributed by atoms with Crippen molar-refractivity contribution in [2.24, 2.45) is 0 Å². The molecule has 6 bridgehead atoms. The van der Waals surface area contributed by atoms with Crippen molar-refractivity contribution in [3.05, 3.63) is 88.0 Å². The van der Waals surface area contributed by atoms with Crippen LogP contribution in [0.25, 0.3) is 0 Å². The number of rotatable bonds is 5. The average Bonchev–Trinajstić information content (AvgIpc) is 3.10. The second-order valence-electron chi connectivity index (χ2n) is 12.8. The number of benzene rings is 4. The third kappa shape index (κ3) is 5.54. The monoisotopic (exact) mass is 652 g/mol. The lowest BCUT2D eigenvalue weighted by molar-refractivity contribution is 0.218. The maximum atomic E-state index is 7.05. The van der Waals surface area contributed by atoms with Crippen LogP contribution in [0.1, 0.15) is 45.5 Å². The van der Waals surface area contributed by atoms with Crippen molar-refractivity contribution in [3.63, 3.8) is 0 Å². The fourth-order valence-corrected chi connectivity index (χ4v) is 7.55. The van der Waals surface area contributed by atoms with Gasteiger partial charge in [0.25, 0.3) is 0 Å². The number of methoxy groups -OCH3 is 5. The lowest BCUT2D eigenvalue weighted by atomic mass is 9.87. The third-order valence-electron chi connectivity index (χ3n) is 10.2. The lowest BCUT2D eigenvalue weighted by Gasteiger charge is -2.37. The van der Waals surface area contributed by atoms with E-state index < -0.39 is 0 Å². The zero-order chi connectivity index (χ0) is 33.5. The summed E-state index contributed by atoms with van der Waals surface area (Å²) in [4.78, 5) is 4.78. The van der Waals surface area contributed by atoms with E-state index in [9.17, 15) is 0 Å². The van der Waals surface area contributed by atoms with Crippen LogP contribution in [0, 0.1) is 0 Å². The van der Waals surface area contributed by atoms with E-state index in [0.29, 0.717) is 58.2 Å². The molecule has 0 saturated carbocycles. The summed E-state index contributed by atoms with van der Waals surface area (Å²) in [7, 11) is 12.7. The molecule has 0 aromatic heterocycles. The van der Waals surface area contributed by atoms with Gasteiger partial charge in [0.05, 0.1) is 35.5 Å². The number of likely N-dealkylation sites (N-methyl/N-ethyl adjacent to an activating group) is 2. The van der Waals surface area contributed by atoms with Gasteiger partial charge in [0, 0.05) is 36.3 Å². The molecule has 9 nitrogen and oxygen atoms in total. The Balaban J connectivity index is 1.49. The minimum Gasteiger partial charge on any atom is -0.493 e. The van der Waals surface area contributed by atoms with Crippen molar-refractivity contribution in [3.8, 4) is 51.7 Å². The van der Waals surface area contributed by atoms with Gasteiger partial charge in [0.15, 0.2) is 34.5 Å². The van der Waals surface area contributed by atoms with Gasteiger partial charge >= 0.3 is 0 Å². The van der Waals surface area contributed by atoms with E-state index in [1.54, 1.807) is 35.5 Å². The first kappa shape index (κ1) is 32.0. The highest BCUT2D eigenvalue weighted by molar-refractivity contribution is 5.64. The quantitative estimate of drug-likeness (QED) is 0.223. The van der Waals surface area contributed by atoms with E-state index in [2.05, 4.69) is 60.3 Å². The van der Waals surface area contributed by atoms with E-state index in [4.69, 9.17) is 33.2 Å². The van der Waals surface area contributed by atoms with Gasteiger partial charge in [0.1, 0.15) is 5.75 Å². The maximum absolute atomic E-state index is 7.05. The third-order valence-corrected chi connectivity index (χ3v) is 10.2. The second kappa shape index (κ2) is 13.1. The van der Waals surface area contributed by atoms with Gasteiger partial charge in [-0.05, 0) is 98.4 Å². The molecule has 0 radical (unpaired) electrons. The molecule has 0 N–H and O–H groups in total. The van der Waals surface area contributed by atoms with Gasteiger partial charge in [-0.3, -0.25) is 9.80 Å². The second-order valence-corrected chi connectivity index (χ2v) is 12.8. The maximum Gasteiger partial charge on any atom is 0.211 e. The molecule has 4 heterocycles. The average molecular weight is 653 g/mol. The van der Waals surface area contributed by atoms with Crippen molar-refractivity contribution < 1.29 is 33.2 Å². The number of fused-ring (bicyclic) bond motifs is 2. The number of nitrogens with zero attached hydrogens (tertiary/aromatic N) is 2. The highest BCUT2D eigenvalue weighted by Crippen LogP contribution is 2.53. The van der Waals surface area contributed by atoms with Crippen LogP contribution in [-0.2, 0) is 25.7 Å². The van der Waals surface area contributed by atoms with E-state index in [1.807, 2.05) is 18.2 Å². The van der Waals surface area contributed by atoms with Crippen molar-refractivity contribution in [2.45, 2.75) is 37.8 Å². The molecule has 4 aliphatic heterocycles. The molecule has 252 valence electrons. The molecular formula is C39H44N2O7. The minimum absolute atomic E-state index is 0.0839. The number of hydrogen-bond acceptors (Lipinski definition) is 9. The van der Waals surface area contributed by atoms with Crippen LogP contribution in [-0.4, -0.2) is 72.5 Å². The van der Waals surface area contributed by atoms with Gasteiger partial charge in [-0.15, -0.1) is 0 Å². The molecule has 8 rings (SSSR count). The Labute approximate surface area is 282 Å². The Bertz CT molecular complexity index is 1820. The topological polar surface area (TPSA) is 71.1 Å². The highest BCUT2D eigenvalue weighted by atomic mass is 16.6. The predicted octanol–water partition coefficient (Wildman–Crippen LogP) is 7.17. The smallest absolute Gasteiger partial charge is 0.211 e. The molecule has 4 aliphatic rings. The van der Waals surface area contributed by atoms with Gasteiger partial charge in [-0.25, -0.2) is 0 Å². The van der Waals surface area contributed by atoms with Crippen molar-refractivity contribution in [1.82, 2.24) is 9.80 Å². The van der Waals surface area contributed by atoms with E-state index >= 15 is 0 Å². The summed E-state index contributed by atoms with van der Waals surface area (Å²) in [5, 5.41) is 0. The van der Waals surface area contributed by atoms with E-state index in [-0.39, 0.29) is 12.1 Å². The molecule has 0 spiro atoms. The normalized spacial score (nSPS) is 18.8. The Hall–Kier alpha value is -4.60. The van der Waals surface area contributed by atoms with Gasteiger partial charge < -0.3 is 33.2 Å². The van der Waals surface area contributed by atoms with Crippen LogP contribution in [0.5, 0.6) is 51.7 Å². The van der Waals surface area contributed by atoms with Gasteiger partial charge in [-0.2, -0.15) is 0 Å². The molecule has 2 atom stereocenters. The molecule has 0 fully saturated rings. The van der Waals surface area contributed by atoms with Crippen LogP contribution in [0.15, 0.2) is 54.6 Å². The SMILES string of the molecule is COc1cc2c3cc1Oc1c(OC)c(OC)cc4c1[C@H](Cc1ccc(OC)c(c1OC)Oc1ccc(cc1)C[C@H]3N(C)CC2)N(C)CC4. The summed E-state index contributed by atoms with van der Waals surface area (Å²) in [5.74, 6) is 5.63. The van der Waals surface area contributed by atoms with Crippen molar-refractivity contribution in [2.75, 3.05) is 62.7 Å². The zero-order valence-corrected chi connectivity index (χ0v) is 28.8.